The maximum atomic E-state index is 13.7. The third-order valence-corrected chi connectivity index (χ3v) is 6.65. The number of benzene rings is 1. The first-order valence-electron chi connectivity index (χ1n) is 8.20. The molecule has 140 valence electrons. The Morgan fingerprint density at radius 3 is 2.35 bits per heavy atom. The zero-order valence-electron chi connectivity index (χ0n) is 14.8. The summed E-state index contributed by atoms with van der Waals surface area (Å²) in [6.07, 6.45) is 0. The van der Waals surface area contributed by atoms with Gasteiger partial charge in [0.15, 0.2) is 5.76 Å². The number of hydrogen-bond donors (Lipinski definition) is 0. The lowest BCUT2D eigenvalue weighted by molar-refractivity contribution is 0.0697. The molecule has 1 amide bonds. The minimum atomic E-state index is -3.73. The van der Waals surface area contributed by atoms with Crippen LogP contribution < -0.4 is 0 Å². The topological polar surface area (TPSA) is 83.7 Å². The molecule has 0 N–H and O–H groups in total. The van der Waals surface area contributed by atoms with E-state index in [9.17, 15) is 17.6 Å². The Balaban J connectivity index is 1.73. The molecular weight excluding hydrogens is 361 g/mol. The van der Waals surface area contributed by atoms with Gasteiger partial charge in [-0.3, -0.25) is 4.79 Å². The average Bonchev–Trinajstić information content (AvgIpc) is 2.96. The fourth-order valence-corrected chi connectivity index (χ4v) is 4.73. The molecular formula is C17H20FN3O4S. The Kier molecular flexibility index (Phi) is 4.85. The highest BCUT2D eigenvalue weighted by Crippen LogP contribution is 2.24. The number of carbonyl (C=O) groups excluding carboxylic acids is 1. The van der Waals surface area contributed by atoms with Crippen LogP contribution in [0.3, 0.4) is 0 Å². The summed E-state index contributed by atoms with van der Waals surface area (Å²) in [6.45, 7) is 5.54. The van der Waals surface area contributed by atoms with E-state index in [2.05, 4.69) is 5.16 Å². The van der Waals surface area contributed by atoms with Gasteiger partial charge in [-0.1, -0.05) is 11.2 Å². The van der Waals surface area contributed by atoms with Crippen molar-refractivity contribution in [3.63, 3.8) is 0 Å². The number of aryl methyl sites for hydroxylation is 3. The molecule has 3 rings (SSSR count). The standard InChI is InChI=1S/C17H20FN3O4S/c1-11-4-5-14(10-15(11)18)17(22)20-6-8-21(9-7-20)26(23,24)16-12(2)19-25-13(16)3/h4-5,10H,6-9H2,1-3H3. The van der Waals surface area contributed by atoms with Crippen LogP contribution in [-0.4, -0.2) is 54.9 Å². The lowest BCUT2D eigenvalue weighted by atomic mass is 10.1. The Hall–Kier alpha value is -2.26. The fourth-order valence-electron chi connectivity index (χ4n) is 3.01. The maximum absolute atomic E-state index is 13.7. The van der Waals surface area contributed by atoms with Crippen molar-refractivity contribution < 1.29 is 22.1 Å². The summed E-state index contributed by atoms with van der Waals surface area (Å²) in [6, 6.07) is 4.35. The number of nitrogens with zero attached hydrogens (tertiary/aromatic N) is 3. The summed E-state index contributed by atoms with van der Waals surface area (Å²) in [4.78, 5) is 14.1. The van der Waals surface area contributed by atoms with E-state index in [4.69, 9.17) is 4.52 Å². The van der Waals surface area contributed by atoms with Crippen LogP contribution in [0.4, 0.5) is 4.39 Å². The van der Waals surface area contributed by atoms with E-state index in [-0.39, 0.29) is 48.3 Å². The van der Waals surface area contributed by atoms with E-state index in [1.807, 2.05) is 0 Å². The van der Waals surface area contributed by atoms with Gasteiger partial charge in [0.25, 0.3) is 5.91 Å². The van der Waals surface area contributed by atoms with Gasteiger partial charge in [0.05, 0.1) is 0 Å². The van der Waals surface area contributed by atoms with Crippen LogP contribution in [0.15, 0.2) is 27.6 Å². The van der Waals surface area contributed by atoms with Crippen molar-refractivity contribution in [3.8, 4) is 0 Å². The summed E-state index contributed by atoms with van der Waals surface area (Å²) in [5.74, 6) is -0.495. The molecule has 2 aromatic rings. The molecule has 7 nitrogen and oxygen atoms in total. The van der Waals surface area contributed by atoms with Gasteiger partial charge in [-0.15, -0.1) is 0 Å². The quantitative estimate of drug-likeness (QED) is 0.811. The highest BCUT2D eigenvalue weighted by Gasteiger charge is 2.34. The second kappa shape index (κ2) is 6.81. The lowest BCUT2D eigenvalue weighted by Crippen LogP contribution is -2.50. The number of piperazine rings is 1. The van der Waals surface area contributed by atoms with Crippen LogP contribution in [0.2, 0.25) is 0 Å². The molecule has 1 aliphatic heterocycles. The maximum Gasteiger partial charge on any atom is 0.254 e. The molecule has 26 heavy (non-hydrogen) atoms. The van der Waals surface area contributed by atoms with E-state index in [0.717, 1.165) is 0 Å². The largest absolute Gasteiger partial charge is 0.360 e. The molecule has 9 heteroatoms. The zero-order valence-corrected chi connectivity index (χ0v) is 15.6. The predicted octanol–water partition coefficient (Wildman–Crippen LogP) is 1.89. The lowest BCUT2D eigenvalue weighted by Gasteiger charge is -2.34. The molecule has 1 aliphatic rings. The number of halogens is 1. The predicted molar refractivity (Wildman–Crippen MR) is 91.8 cm³/mol. The van der Waals surface area contributed by atoms with Crippen molar-refractivity contribution in [2.24, 2.45) is 0 Å². The normalized spacial score (nSPS) is 16.1. The first-order valence-corrected chi connectivity index (χ1v) is 9.64. The van der Waals surface area contributed by atoms with E-state index < -0.39 is 15.8 Å². The monoisotopic (exact) mass is 381 g/mol. The first kappa shape index (κ1) is 18.5. The average molecular weight is 381 g/mol. The van der Waals surface area contributed by atoms with Gasteiger partial charge >= 0.3 is 0 Å². The SMILES string of the molecule is Cc1ccc(C(=O)N2CCN(S(=O)(=O)c3c(C)noc3C)CC2)cc1F. The molecule has 0 bridgehead atoms. The third kappa shape index (κ3) is 3.24. The van der Waals surface area contributed by atoms with Crippen LogP contribution in [0.5, 0.6) is 0 Å². The van der Waals surface area contributed by atoms with Crippen molar-refractivity contribution in [1.82, 2.24) is 14.4 Å². The molecule has 2 heterocycles. The number of carbonyl (C=O) groups is 1. The molecule has 1 fully saturated rings. The smallest absolute Gasteiger partial charge is 0.254 e. The van der Waals surface area contributed by atoms with Gasteiger partial charge in [0, 0.05) is 31.7 Å². The second-order valence-electron chi connectivity index (χ2n) is 6.31. The van der Waals surface area contributed by atoms with E-state index in [1.54, 1.807) is 32.9 Å². The molecule has 1 saturated heterocycles. The molecule has 0 aliphatic carbocycles. The van der Waals surface area contributed by atoms with Crippen molar-refractivity contribution in [2.45, 2.75) is 25.7 Å². The van der Waals surface area contributed by atoms with Gasteiger partial charge in [-0.2, -0.15) is 4.31 Å². The van der Waals surface area contributed by atoms with Crippen molar-refractivity contribution in [3.05, 3.63) is 46.6 Å². The summed E-state index contributed by atoms with van der Waals surface area (Å²) in [7, 11) is -3.73. The highest BCUT2D eigenvalue weighted by atomic mass is 32.2. The van der Waals surface area contributed by atoms with E-state index >= 15 is 0 Å². The van der Waals surface area contributed by atoms with Crippen molar-refractivity contribution >= 4 is 15.9 Å². The summed E-state index contributed by atoms with van der Waals surface area (Å²) in [5.41, 5.74) is 1.04. The molecule has 1 aromatic carbocycles. The zero-order chi connectivity index (χ0) is 19.1. The van der Waals surface area contributed by atoms with Gasteiger partial charge in [-0.25, -0.2) is 12.8 Å². The van der Waals surface area contributed by atoms with Crippen LogP contribution in [0.1, 0.15) is 27.4 Å². The Labute approximate surface area is 151 Å². The first-order chi connectivity index (χ1) is 12.2. The fraction of sp³-hybridized carbons (Fsp3) is 0.412. The molecule has 0 spiro atoms. The molecule has 0 atom stereocenters. The Morgan fingerprint density at radius 1 is 1.15 bits per heavy atom. The van der Waals surface area contributed by atoms with Gasteiger partial charge < -0.3 is 9.42 Å². The van der Waals surface area contributed by atoms with Crippen molar-refractivity contribution in [1.29, 1.82) is 0 Å². The molecule has 0 unspecified atom stereocenters. The number of amides is 1. The summed E-state index contributed by atoms with van der Waals surface area (Å²) >= 11 is 0. The van der Waals surface area contributed by atoms with E-state index in [0.29, 0.717) is 11.3 Å². The molecule has 0 saturated carbocycles. The third-order valence-electron chi connectivity index (χ3n) is 4.51. The highest BCUT2D eigenvalue weighted by molar-refractivity contribution is 7.89. The Morgan fingerprint density at radius 2 is 1.81 bits per heavy atom. The number of hydrogen-bond acceptors (Lipinski definition) is 5. The number of sulfonamides is 1. The minimum absolute atomic E-state index is 0.0814. The van der Waals surface area contributed by atoms with Gasteiger partial charge in [0.1, 0.15) is 16.4 Å². The van der Waals surface area contributed by atoms with Crippen LogP contribution in [-0.2, 0) is 10.0 Å². The van der Waals surface area contributed by atoms with Crippen LogP contribution in [0, 0.1) is 26.6 Å². The number of aromatic nitrogens is 1. The molecule has 0 radical (unpaired) electrons. The number of rotatable bonds is 3. The van der Waals surface area contributed by atoms with Crippen molar-refractivity contribution in [2.75, 3.05) is 26.2 Å². The summed E-state index contributed by atoms with van der Waals surface area (Å²) in [5, 5.41) is 3.69. The van der Waals surface area contributed by atoms with Gasteiger partial charge in [-0.05, 0) is 38.5 Å². The Bertz CT molecular complexity index is 927. The minimum Gasteiger partial charge on any atom is -0.360 e. The molecule has 1 aromatic heterocycles. The second-order valence-corrected chi connectivity index (χ2v) is 8.19. The van der Waals surface area contributed by atoms with E-state index in [1.165, 1.54) is 15.3 Å². The van der Waals surface area contributed by atoms with Crippen LogP contribution in [0.25, 0.3) is 0 Å². The summed E-state index contributed by atoms with van der Waals surface area (Å²) < 4.78 is 45.5. The van der Waals surface area contributed by atoms with Gasteiger partial charge in [0.2, 0.25) is 10.0 Å². The van der Waals surface area contributed by atoms with Crippen LogP contribution >= 0.6 is 0 Å².